The van der Waals surface area contributed by atoms with E-state index in [1.54, 1.807) is 0 Å². The second kappa shape index (κ2) is 7.67. The third-order valence-corrected chi connectivity index (χ3v) is 5.40. The van der Waals surface area contributed by atoms with Crippen LogP contribution in [-0.4, -0.2) is 6.04 Å². The molecule has 0 amide bonds. The first kappa shape index (κ1) is 16.1. The van der Waals surface area contributed by atoms with Crippen molar-refractivity contribution in [2.45, 2.75) is 37.3 Å². The van der Waals surface area contributed by atoms with E-state index in [9.17, 15) is 0 Å². The van der Waals surface area contributed by atoms with Gasteiger partial charge >= 0.3 is 0 Å². The van der Waals surface area contributed by atoms with Gasteiger partial charge in [-0.15, -0.1) is 0 Å². The average molecular weight is 327 g/mol. The van der Waals surface area contributed by atoms with Crippen LogP contribution in [0.15, 0.2) is 91.0 Å². The Kier molecular flexibility index (Phi) is 4.94. The van der Waals surface area contributed by atoms with E-state index in [1.165, 1.54) is 29.5 Å². The van der Waals surface area contributed by atoms with Crippen LogP contribution in [-0.2, 0) is 6.42 Å². The summed E-state index contributed by atoms with van der Waals surface area (Å²) in [6.07, 6.45) is 3.49. The summed E-state index contributed by atoms with van der Waals surface area (Å²) < 4.78 is 0. The van der Waals surface area contributed by atoms with E-state index in [0.717, 1.165) is 6.42 Å². The van der Waals surface area contributed by atoms with Crippen molar-refractivity contribution in [1.82, 2.24) is 5.32 Å². The summed E-state index contributed by atoms with van der Waals surface area (Å²) in [6.45, 7) is 0. The molecule has 1 saturated heterocycles. The zero-order chi connectivity index (χ0) is 16.9. The molecule has 0 saturated carbocycles. The fourth-order valence-corrected chi connectivity index (χ4v) is 4.12. The van der Waals surface area contributed by atoms with Gasteiger partial charge in [-0.3, -0.25) is 0 Å². The van der Waals surface area contributed by atoms with Crippen molar-refractivity contribution in [3.05, 3.63) is 108 Å². The molecule has 3 atom stereocenters. The third kappa shape index (κ3) is 3.83. The molecular formula is C24H25N. The quantitative estimate of drug-likeness (QED) is 0.666. The summed E-state index contributed by atoms with van der Waals surface area (Å²) >= 11 is 0. The van der Waals surface area contributed by atoms with E-state index >= 15 is 0 Å². The van der Waals surface area contributed by atoms with E-state index in [4.69, 9.17) is 0 Å². The van der Waals surface area contributed by atoms with Crippen LogP contribution in [0.5, 0.6) is 0 Å². The van der Waals surface area contributed by atoms with Crippen LogP contribution < -0.4 is 5.32 Å². The number of nitrogens with one attached hydrogen (secondary N) is 1. The Balaban J connectivity index is 1.59. The molecule has 3 aromatic carbocycles. The molecule has 1 aliphatic rings. The number of hydrogen-bond donors (Lipinski definition) is 1. The van der Waals surface area contributed by atoms with Gasteiger partial charge in [-0.2, -0.15) is 0 Å². The van der Waals surface area contributed by atoms with Crippen LogP contribution in [0.1, 0.15) is 41.5 Å². The molecule has 1 nitrogen and oxygen atoms in total. The maximum atomic E-state index is 3.97. The number of benzene rings is 3. The Morgan fingerprint density at radius 2 is 1.20 bits per heavy atom. The van der Waals surface area contributed by atoms with Gasteiger partial charge in [0.2, 0.25) is 0 Å². The van der Waals surface area contributed by atoms with Gasteiger partial charge in [-0.25, -0.2) is 0 Å². The monoisotopic (exact) mass is 327 g/mol. The lowest BCUT2D eigenvalue weighted by atomic mass is 9.78. The van der Waals surface area contributed by atoms with Gasteiger partial charge in [0.25, 0.3) is 0 Å². The molecule has 0 aromatic heterocycles. The van der Waals surface area contributed by atoms with Gasteiger partial charge < -0.3 is 5.32 Å². The minimum Gasteiger partial charge on any atom is -0.306 e. The van der Waals surface area contributed by atoms with Crippen molar-refractivity contribution in [3.8, 4) is 0 Å². The largest absolute Gasteiger partial charge is 0.306 e. The summed E-state index contributed by atoms with van der Waals surface area (Å²) in [5.41, 5.74) is 4.28. The van der Waals surface area contributed by atoms with Crippen LogP contribution in [0.25, 0.3) is 0 Å². The fourth-order valence-electron chi connectivity index (χ4n) is 4.12. The van der Waals surface area contributed by atoms with Gasteiger partial charge in [0.1, 0.15) is 0 Å². The lowest BCUT2D eigenvalue weighted by Crippen LogP contribution is -2.43. The molecule has 3 aromatic rings. The van der Waals surface area contributed by atoms with Crippen molar-refractivity contribution >= 4 is 0 Å². The predicted octanol–water partition coefficient (Wildman–Crippen LogP) is 5.51. The zero-order valence-corrected chi connectivity index (χ0v) is 14.5. The Bertz CT molecular complexity index is 767. The Morgan fingerprint density at radius 3 is 1.84 bits per heavy atom. The van der Waals surface area contributed by atoms with Gasteiger partial charge in [0, 0.05) is 12.1 Å². The lowest BCUT2D eigenvalue weighted by Gasteiger charge is -2.38. The summed E-state index contributed by atoms with van der Waals surface area (Å²) in [5, 5.41) is 3.97. The zero-order valence-electron chi connectivity index (χ0n) is 14.5. The van der Waals surface area contributed by atoms with Crippen molar-refractivity contribution in [2.75, 3.05) is 0 Å². The topological polar surface area (TPSA) is 12.0 Å². The highest BCUT2D eigenvalue weighted by Gasteiger charge is 2.31. The van der Waals surface area contributed by atoms with E-state index in [-0.39, 0.29) is 0 Å². The van der Waals surface area contributed by atoms with Crippen LogP contribution in [0, 0.1) is 0 Å². The van der Waals surface area contributed by atoms with Crippen molar-refractivity contribution in [1.29, 1.82) is 0 Å². The van der Waals surface area contributed by atoms with E-state index in [1.807, 2.05) is 0 Å². The normalized spacial score (nSPS) is 23.3. The molecule has 1 N–H and O–H groups in total. The number of hydrogen-bond acceptors (Lipinski definition) is 1. The second-order valence-electron chi connectivity index (χ2n) is 7.02. The van der Waals surface area contributed by atoms with E-state index in [0.29, 0.717) is 18.0 Å². The average Bonchev–Trinajstić information content (AvgIpc) is 2.70. The summed E-state index contributed by atoms with van der Waals surface area (Å²) in [6, 6.07) is 33.7. The minimum atomic E-state index is 0.454. The highest BCUT2D eigenvalue weighted by Crippen LogP contribution is 2.36. The second-order valence-corrected chi connectivity index (χ2v) is 7.02. The molecule has 126 valence electrons. The van der Waals surface area contributed by atoms with Crippen LogP contribution >= 0.6 is 0 Å². The first-order chi connectivity index (χ1) is 12.4. The fraction of sp³-hybridized carbons (Fsp3) is 0.250. The predicted molar refractivity (Wildman–Crippen MR) is 105 cm³/mol. The van der Waals surface area contributed by atoms with Crippen LogP contribution in [0.3, 0.4) is 0 Å². The standard InChI is InChI=1S/C24H25N/c1-4-10-19(11-5-1)18-24-22(20-12-6-2-7-13-20)16-17-23(25-24)21-14-8-3-9-15-21/h1-15,22-25H,16-18H2/t22-,23-,24-/m0/s1. The first-order valence-corrected chi connectivity index (χ1v) is 9.30. The van der Waals surface area contributed by atoms with Gasteiger partial charge in [-0.05, 0) is 41.9 Å². The minimum absolute atomic E-state index is 0.454. The first-order valence-electron chi connectivity index (χ1n) is 9.30. The molecule has 0 aliphatic carbocycles. The van der Waals surface area contributed by atoms with Gasteiger partial charge in [-0.1, -0.05) is 91.0 Å². The van der Waals surface area contributed by atoms with Gasteiger partial charge in [0.05, 0.1) is 0 Å². The maximum absolute atomic E-state index is 3.97. The molecule has 4 rings (SSSR count). The summed E-state index contributed by atoms with van der Waals surface area (Å²) in [5.74, 6) is 0.571. The van der Waals surface area contributed by atoms with E-state index in [2.05, 4.69) is 96.3 Å². The summed E-state index contributed by atoms with van der Waals surface area (Å²) in [7, 11) is 0. The van der Waals surface area contributed by atoms with E-state index < -0.39 is 0 Å². The third-order valence-electron chi connectivity index (χ3n) is 5.40. The number of piperidine rings is 1. The smallest absolute Gasteiger partial charge is 0.0323 e. The molecule has 1 aliphatic heterocycles. The molecule has 0 unspecified atom stereocenters. The van der Waals surface area contributed by atoms with Gasteiger partial charge in [0.15, 0.2) is 0 Å². The molecule has 25 heavy (non-hydrogen) atoms. The Labute approximate surface area is 150 Å². The molecule has 1 fully saturated rings. The van der Waals surface area contributed by atoms with Crippen LogP contribution in [0.4, 0.5) is 0 Å². The van der Waals surface area contributed by atoms with Crippen molar-refractivity contribution in [3.63, 3.8) is 0 Å². The highest BCUT2D eigenvalue weighted by atomic mass is 15.0. The molecular weight excluding hydrogens is 302 g/mol. The molecule has 0 spiro atoms. The summed E-state index contributed by atoms with van der Waals surface area (Å²) in [4.78, 5) is 0. The molecule has 1 heteroatoms. The van der Waals surface area contributed by atoms with Crippen LogP contribution in [0.2, 0.25) is 0 Å². The Morgan fingerprint density at radius 1 is 0.640 bits per heavy atom. The highest BCUT2D eigenvalue weighted by molar-refractivity contribution is 5.27. The maximum Gasteiger partial charge on any atom is 0.0323 e. The molecule has 1 heterocycles. The molecule has 0 bridgehead atoms. The molecule has 0 radical (unpaired) electrons. The Hall–Kier alpha value is -2.38. The lowest BCUT2D eigenvalue weighted by molar-refractivity contribution is 0.285. The number of rotatable bonds is 4. The van der Waals surface area contributed by atoms with Crippen molar-refractivity contribution in [2.24, 2.45) is 0 Å². The SMILES string of the molecule is c1ccc(C[C@@H]2N[C@H](c3ccccc3)CC[C@H]2c2ccccc2)cc1. The van der Waals surface area contributed by atoms with Crippen molar-refractivity contribution < 1.29 is 0 Å².